The minimum Gasteiger partial charge on any atom is -0.481 e. The van der Waals surface area contributed by atoms with Crippen molar-refractivity contribution in [1.29, 1.82) is 0 Å². The van der Waals surface area contributed by atoms with Crippen molar-refractivity contribution in [3.63, 3.8) is 0 Å². The second kappa shape index (κ2) is 8.36. The van der Waals surface area contributed by atoms with Gasteiger partial charge in [0.25, 0.3) is 0 Å². The van der Waals surface area contributed by atoms with Crippen molar-refractivity contribution >= 4 is 17.6 Å². The SMILES string of the molecule is CN(C)c1ccc(-c2nnnn2[C@H]2CO[C@H]3[C@@H]2OC[C@@H]3NC(=O)CCC(=O)O)cc1. The molecule has 0 spiro atoms. The number of carboxylic acids is 1. The monoisotopic (exact) mass is 416 g/mol. The van der Waals surface area contributed by atoms with E-state index in [0.29, 0.717) is 19.0 Å². The van der Waals surface area contributed by atoms with Crippen LogP contribution in [-0.4, -0.2) is 82.7 Å². The van der Waals surface area contributed by atoms with Crippen molar-refractivity contribution in [2.75, 3.05) is 32.2 Å². The highest BCUT2D eigenvalue weighted by atomic mass is 16.6. The standard InChI is InChI=1S/C19H24N6O5/c1-24(2)12-5-3-11(4-6-12)19-21-22-23-25(19)14-10-30-17-13(9-29-18(14)17)20-15(26)7-8-16(27)28/h3-6,13-14,17-18H,7-10H2,1-2H3,(H,20,26)(H,27,28)/t13-,14-,17+,18+/m0/s1. The first-order valence-corrected chi connectivity index (χ1v) is 9.74. The fourth-order valence-electron chi connectivity index (χ4n) is 3.83. The van der Waals surface area contributed by atoms with Gasteiger partial charge in [-0.25, -0.2) is 4.68 Å². The number of aromatic nitrogens is 4. The predicted molar refractivity (Wildman–Crippen MR) is 105 cm³/mol. The maximum absolute atomic E-state index is 12.0. The van der Waals surface area contributed by atoms with E-state index in [1.165, 1.54) is 0 Å². The number of hydrogen-bond acceptors (Lipinski definition) is 8. The highest BCUT2D eigenvalue weighted by Crippen LogP contribution is 2.35. The van der Waals surface area contributed by atoms with Crippen LogP contribution in [0, 0.1) is 0 Å². The number of benzene rings is 1. The lowest BCUT2D eigenvalue weighted by Gasteiger charge is -2.18. The number of nitrogens with zero attached hydrogens (tertiary/aromatic N) is 5. The Morgan fingerprint density at radius 1 is 1.17 bits per heavy atom. The number of ether oxygens (including phenoxy) is 2. The number of tetrazole rings is 1. The molecule has 2 aliphatic heterocycles. The third-order valence-electron chi connectivity index (χ3n) is 5.39. The fourth-order valence-corrected chi connectivity index (χ4v) is 3.83. The van der Waals surface area contributed by atoms with Crippen molar-refractivity contribution in [2.45, 2.75) is 37.1 Å². The third kappa shape index (κ3) is 3.98. The summed E-state index contributed by atoms with van der Waals surface area (Å²) in [6.45, 7) is 0.643. The van der Waals surface area contributed by atoms with Crippen LogP contribution in [0.25, 0.3) is 11.4 Å². The van der Waals surface area contributed by atoms with Crippen molar-refractivity contribution in [3.8, 4) is 11.4 Å². The van der Waals surface area contributed by atoms with Gasteiger partial charge in [-0.05, 0) is 34.7 Å². The summed E-state index contributed by atoms with van der Waals surface area (Å²) >= 11 is 0. The van der Waals surface area contributed by atoms with Gasteiger partial charge in [0.2, 0.25) is 5.91 Å². The molecule has 0 saturated carbocycles. The molecule has 160 valence electrons. The molecular weight excluding hydrogens is 392 g/mol. The molecule has 2 N–H and O–H groups in total. The molecule has 4 rings (SSSR count). The normalized spacial score (nSPS) is 25.1. The van der Waals surface area contributed by atoms with Crippen LogP contribution >= 0.6 is 0 Å². The van der Waals surface area contributed by atoms with Crippen molar-refractivity contribution in [1.82, 2.24) is 25.5 Å². The summed E-state index contributed by atoms with van der Waals surface area (Å²) in [5, 5.41) is 23.7. The van der Waals surface area contributed by atoms with E-state index in [9.17, 15) is 9.59 Å². The van der Waals surface area contributed by atoms with Gasteiger partial charge in [-0.15, -0.1) is 5.10 Å². The third-order valence-corrected chi connectivity index (χ3v) is 5.39. The molecule has 0 unspecified atom stereocenters. The Labute approximate surface area is 172 Å². The van der Waals surface area contributed by atoms with E-state index in [-0.39, 0.29) is 43.0 Å². The number of rotatable bonds is 7. The molecule has 2 fully saturated rings. The van der Waals surface area contributed by atoms with Gasteiger partial charge in [0.05, 0.1) is 25.7 Å². The molecular formula is C19H24N6O5. The van der Waals surface area contributed by atoms with Crippen LogP contribution < -0.4 is 10.2 Å². The van der Waals surface area contributed by atoms with Crippen LogP contribution in [0.1, 0.15) is 18.9 Å². The first-order valence-electron chi connectivity index (χ1n) is 9.74. The number of anilines is 1. The quantitative estimate of drug-likeness (QED) is 0.645. The van der Waals surface area contributed by atoms with Crippen LogP contribution in [0.3, 0.4) is 0 Å². The minimum atomic E-state index is -1.01. The Bertz CT molecular complexity index is 914. The van der Waals surface area contributed by atoms with E-state index < -0.39 is 5.97 Å². The first kappa shape index (κ1) is 20.2. The van der Waals surface area contributed by atoms with Crippen molar-refractivity contribution < 1.29 is 24.2 Å². The number of carbonyl (C=O) groups is 2. The van der Waals surface area contributed by atoms with Crippen LogP contribution in [-0.2, 0) is 19.1 Å². The second-order valence-electron chi connectivity index (χ2n) is 7.62. The minimum absolute atomic E-state index is 0.0767. The number of fused-ring (bicyclic) bond motifs is 1. The van der Waals surface area contributed by atoms with Crippen molar-refractivity contribution in [3.05, 3.63) is 24.3 Å². The lowest BCUT2D eigenvalue weighted by Crippen LogP contribution is -2.44. The summed E-state index contributed by atoms with van der Waals surface area (Å²) in [5.74, 6) is -0.720. The number of carboxylic acid groups (broad SMARTS) is 1. The highest BCUT2D eigenvalue weighted by molar-refractivity contribution is 5.80. The Kier molecular flexibility index (Phi) is 5.64. The van der Waals surface area contributed by atoms with E-state index in [0.717, 1.165) is 11.3 Å². The molecule has 4 atom stereocenters. The van der Waals surface area contributed by atoms with Gasteiger partial charge in [-0.1, -0.05) is 0 Å². The van der Waals surface area contributed by atoms with Crippen LogP contribution in [0.4, 0.5) is 5.69 Å². The molecule has 1 aromatic heterocycles. The van der Waals surface area contributed by atoms with Gasteiger partial charge < -0.3 is 24.8 Å². The molecule has 0 aliphatic carbocycles. The molecule has 2 saturated heterocycles. The Morgan fingerprint density at radius 3 is 2.60 bits per heavy atom. The topological polar surface area (TPSA) is 132 Å². The number of carbonyl (C=O) groups excluding carboxylic acids is 1. The maximum Gasteiger partial charge on any atom is 0.303 e. The molecule has 2 aromatic rings. The second-order valence-corrected chi connectivity index (χ2v) is 7.62. The predicted octanol–water partition coefficient (Wildman–Crippen LogP) is 0.0944. The molecule has 1 amide bonds. The zero-order valence-electron chi connectivity index (χ0n) is 16.8. The molecule has 30 heavy (non-hydrogen) atoms. The van der Waals surface area contributed by atoms with Gasteiger partial charge in [0.1, 0.15) is 18.2 Å². The van der Waals surface area contributed by atoms with E-state index in [1.807, 2.05) is 43.3 Å². The number of aliphatic carboxylic acids is 1. The smallest absolute Gasteiger partial charge is 0.303 e. The molecule has 3 heterocycles. The summed E-state index contributed by atoms with van der Waals surface area (Å²) in [6.07, 6.45) is -0.931. The van der Waals surface area contributed by atoms with E-state index >= 15 is 0 Å². The van der Waals surface area contributed by atoms with Gasteiger partial charge in [0.15, 0.2) is 5.82 Å². The molecule has 1 aromatic carbocycles. The average Bonchev–Trinajstić information content (AvgIpc) is 3.43. The molecule has 2 aliphatic rings. The molecule has 11 nitrogen and oxygen atoms in total. The van der Waals surface area contributed by atoms with E-state index in [1.54, 1.807) is 4.68 Å². The van der Waals surface area contributed by atoms with Crippen molar-refractivity contribution in [2.24, 2.45) is 0 Å². The Hall–Kier alpha value is -3.05. The largest absolute Gasteiger partial charge is 0.481 e. The summed E-state index contributed by atoms with van der Waals surface area (Å²) in [5.41, 5.74) is 1.95. The Balaban J connectivity index is 1.46. The lowest BCUT2D eigenvalue weighted by atomic mass is 10.1. The van der Waals surface area contributed by atoms with Crippen LogP contribution in [0.5, 0.6) is 0 Å². The fraction of sp³-hybridized carbons (Fsp3) is 0.526. The lowest BCUT2D eigenvalue weighted by molar-refractivity contribution is -0.139. The first-order chi connectivity index (χ1) is 14.4. The van der Waals surface area contributed by atoms with Gasteiger partial charge in [-0.3, -0.25) is 9.59 Å². The number of hydrogen-bond donors (Lipinski definition) is 2. The number of nitrogens with one attached hydrogen (secondary N) is 1. The molecule has 0 bridgehead atoms. The number of amides is 1. The molecule has 0 radical (unpaired) electrons. The van der Waals surface area contributed by atoms with Gasteiger partial charge in [0, 0.05) is 31.8 Å². The van der Waals surface area contributed by atoms with Crippen LogP contribution in [0.15, 0.2) is 24.3 Å². The van der Waals surface area contributed by atoms with Crippen LogP contribution in [0.2, 0.25) is 0 Å². The highest BCUT2D eigenvalue weighted by Gasteiger charge is 2.50. The summed E-state index contributed by atoms with van der Waals surface area (Å²) in [7, 11) is 3.95. The van der Waals surface area contributed by atoms with Gasteiger partial charge in [-0.2, -0.15) is 0 Å². The molecule has 11 heteroatoms. The zero-order chi connectivity index (χ0) is 21.3. The summed E-state index contributed by atoms with van der Waals surface area (Å²) < 4.78 is 13.5. The maximum atomic E-state index is 12.0. The van der Waals surface area contributed by atoms with E-state index in [4.69, 9.17) is 14.6 Å². The van der Waals surface area contributed by atoms with Gasteiger partial charge >= 0.3 is 5.97 Å². The summed E-state index contributed by atoms with van der Waals surface area (Å²) in [6, 6.07) is 7.36. The Morgan fingerprint density at radius 2 is 1.90 bits per heavy atom. The summed E-state index contributed by atoms with van der Waals surface area (Å²) in [4.78, 5) is 24.6. The van der Waals surface area contributed by atoms with E-state index in [2.05, 4.69) is 20.8 Å². The zero-order valence-corrected chi connectivity index (χ0v) is 16.8. The average molecular weight is 416 g/mol.